The Labute approximate surface area is 233 Å². The molecule has 0 spiro atoms. The Hall–Kier alpha value is -2.40. The number of hydrogen-bond acceptors (Lipinski definition) is 4. The predicted octanol–water partition coefficient (Wildman–Crippen LogP) is 4.61. The molecule has 0 aliphatic heterocycles. The number of rotatable bonds is 11. The second-order valence-corrected chi connectivity index (χ2v) is 12.4. The number of carbonyl (C=O) groups excluding carboxylic acids is 2. The number of halogens is 3. The van der Waals surface area contributed by atoms with Gasteiger partial charge in [0.15, 0.2) is 0 Å². The molecule has 1 N–H and O–H groups in total. The van der Waals surface area contributed by atoms with Crippen LogP contribution in [-0.2, 0) is 26.3 Å². The van der Waals surface area contributed by atoms with Gasteiger partial charge in [0.25, 0.3) is 0 Å². The minimum Gasteiger partial charge on any atom is -0.352 e. The van der Waals surface area contributed by atoms with Crippen molar-refractivity contribution < 1.29 is 22.4 Å². The lowest BCUT2D eigenvalue weighted by atomic mass is 10.1. The molecule has 1 unspecified atom stereocenters. The number of nitrogens with one attached hydrogen (secondary N) is 1. The van der Waals surface area contributed by atoms with E-state index in [1.807, 2.05) is 0 Å². The number of amides is 2. The van der Waals surface area contributed by atoms with Crippen LogP contribution >= 0.6 is 23.2 Å². The average molecular weight is 588 g/mol. The third-order valence-electron chi connectivity index (χ3n) is 6.58. The summed E-state index contributed by atoms with van der Waals surface area (Å²) in [6.07, 6.45) is 4.10. The lowest BCUT2D eigenvalue weighted by Gasteiger charge is -2.34. The van der Waals surface area contributed by atoms with Crippen molar-refractivity contribution in [2.75, 3.05) is 24.9 Å². The molecule has 0 heterocycles. The van der Waals surface area contributed by atoms with E-state index in [0.29, 0.717) is 22.0 Å². The molecule has 2 amide bonds. The van der Waals surface area contributed by atoms with Gasteiger partial charge in [-0.15, -0.1) is 0 Å². The molecular weight excluding hydrogens is 554 g/mol. The van der Waals surface area contributed by atoms with Gasteiger partial charge in [0, 0.05) is 36.7 Å². The topological polar surface area (TPSA) is 90.0 Å². The Morgan fingerprint density at radius 1 is 1.08 bits per heavy atom. The SMILES string of the molecule is CCC(C(=O)NC1CCCC1)N(Cc1ccc(Cl)cc1Cl)C(=O)CN(c1ccc(F)cc1)S(=O)(=O)N(C)C. The molecule has 12 heteroatoms. The highest BCUT2D eigenvalue weighted by molar-refractivity contribution is 7.90. The summed E-state index contributed by atoms with van der Waals surface area (Å²) in [7, 11) is -1.46. The summed E-state index contributed by atoms with van der Waals surface area (Å²) in [6, 6.07) is 8.82. The molecule has 38 heavy (non-hydrogen) atoms. The monoisotopic (exact) mass is 586 g/mol. The fraction of sp³-hybridized carbons (Fsp3) is 0.462. The van der Waals surface area contributed by atoms with Crippen LogP contribution in [0.2, 0.25) is 10.0 Å². The number of carbonyl (C=O) groups is 2. The van der Waals surface area contributed by atoms with Crippen LogP contribution in [0.1, 0.15) is 44.6 Å². The second kappa shape index (κ2) is 13.1. The van der Waals surface area contributed by atoms with E-state index in [2.05, 4.69) is 5.32 Å². The summed E-state index contributed by atoms with van der Waals surface area (Å²) in [5.41, 5.74) is 0.668. The highest BCUT2D eigenvalue weighted by Gasteiger charge is 2.35. The van der Waals surface area contributed by atoms with Gasteiger partial charge in [-0.1, -0.05) is 49.0 Å². The maximum atomic E-state index is 13.9. The van der Waals surface area contributed by atoms with Crippen molar-refractivity contribution in [1.29, 1.82) is 0 Å². The first kappa shape index (κ1) is 30.1. The van der Waals surface area contributed by atoms with E-state index < -0.39 is 34.5 Å². The summed E-state index contributed by atoms with van der Waals surface area (Å²) in [4.78, 5) is 28.6. The average Bonchev–Trinajstić information content (AvgIpc) is 3.37. The summed E-state index contributed by atoms with van der Waals surface area (Å²) in [5, 5.41) is 3.78. The Kier molecular flexibility index (Phi) is 10.4. The van der Waals surface area contributed by atoms with E-state index in [1.54, 1.807) is 25.1 Å². The van der Waals surface area contributed by atoms with Crippen LogP contribution in [-0.4, -0.2) is 62.2 Å². The van der Waals surface area contributed by atoms with Crippen LogP contribution in [0.5, 0.6) is 0 Å². The zero-order chi connectivity index (χ0) is 28.0. The summed E-state index contributed by atoms with van der Waals surface area (Å²) in [5.74, 6) is -1.46. The highest BCUT2D eigenvalue weighted by atomic mass is 35.5. The van der Waals surface area contributed by atoms with Crippen LogP contribution in [0.4, 0.5) is 10.1 Å². The van der Waals surface area contributed by atoms with E-state index >= 15 is 0 Å². The number of hydrogen-bond donors (Lipinski definition) is 1. The molecule has 0 radical (unpaired) electrons. The number of benzene rings is 2. The van der Waals surface area contributed by atoms with Gasteiger partial charge < -0.3 is 10.2 Å². The van der Waals surface area contributed by atoms with Crippen molar-refractivity contribution in [1.82, 2.24) is 14.5 Å². The molecule has 1 aliphatic carbocycles. The van der Waals surface area contributed by atoms with Gasteiger partial charge in [0.05, 0.1) is 5.69 Å². The van der Waals surface area contributed by atoms with Crippen LogP contribution in [0.15, 0.2) is 42.5 Å². The zero-order valence-electron chi connectivity index (χ0n) is 21.7. The van der Waals surface area contributed by atoms with Crippen molar-refractivity contribution in [2.45, 2.75) is 57.7 Å². The van der Waals surface area contributed by atoms with Crippen LogP contribution in [0.25, 0.3) is 0 Å². The summed E-state index contributed by atoms with van der Waals surface area (Å²) < 4.78 is 41.9. The van der Waals surface area contributed by atoms with Crippen molar-refractivity contribution in [3.05, 3.63) is 63.9 Å². The van der Waals surface area contributed by atoms with Crippen molar-refractivity contribution in [2.24, 2.45) is 0 Å². The predicted molar refractivity (Wildman–Crippen MR) is 148 cm³/mol. The fourth-order valence-electron chi connectivity index (χ4n) is 4.44. The summed E-state index contributed by atoms with van der Waals surface area (Å²) >= 11 is 12.4. The van der Waals surface area contributed by atoms with Gasteiger partial charge in [-0.25, -0.2) is 8.70 Å². The van der Waals surface area contributed by atoms with Gasteiger partial charge in [-0.3, -0.25) is 9.59 Å². The van der Waals surface area contributed by atoms with Crippen LogP contribution in [0, 0.1) is 5.82 Å². The van der Waals surface area contributed by atoms with E-state index in [-0.39, 0.29) is 24.2 Å². The second-order valence-electron chi connectivity index (χ2n) is 9.44. The van der Waals surface area contributed by atoms with Crippen LogP contribution < -0.4 is 9.62 Å². The van der Waals surface area contributed by atoms with Gasteiger partial charge in [-0.2, -0.15) is 12.7 Å². The molecule has 0 bridgehead atoms. The molecular formula is C26H33Cl2FN4O4S. The lowest BCUT2D eigenvalue weighted by Crippen LogP contribution is -2.54. The van der Waals surface area contributed by atoms with Crippen LogP contribution in [0.3, 0.4) is 0 Å². The maximum absolute atomic E-state index is 13.9. The molecule has 2 aromatic rings. The van der Waals surface area contributed by atoms with E-state index in [1.165, 1.54) is 31.1 Å². The highest BCUT2D eigenvalue weighted by Crippen LogP contribution is 2.26. The smallest absolute Gasteiger partial charge is 0.304 e. The minimum atomic E-state index is -4.14. The van der Waals surface area contributed by atoms with Gasteiger partial charge in [-0.05, 0) is 61.2 Å². The molecule has 1 saturated carbocycles. The van der Waals surface area contributed by atoms with E-state index in [9.17, 15) is 22.4 Å². The first-order chi connectivity index (χ1) is 17.9. The first-order valence-corrected chi connectivity index (χ1v) is 14.6. The van der Waals surface area contributed by atoms with Gasteiger partial charge in [0.2, 0.25) is 11.8 Å². The number of anilines is 1. The van der Waals surface area contributed by atoms with Gasteiger partial charge in [0.1, 0.15) is 18.4 Å². The Morgan fingerprint density at radius 2 is 1.71 bits per heavy atom. The zero-order valence-corrected chi connectivity index (χ0v) is 24.0. The molecule has 2 aromatic carbocycles. The standard InChI is InChI=1S/C26H33Cl2FN4O4S/c1-4-24(26(35)30-21-7-5-6-8-21)32(16-18-9-10-19(27)15-23(18)28)25(34)17-33(38(36,37)31(2)3)22-13-11-20(29)12-14-22/h9-15,21,24H,4-8,16-17H2,1-3H3,(H,30,35). The maximum Gasteiger partial charge on any atom is 0.304 e. The third-order valence-corrected chi connectivity index (χ3v) is 8.98. The van der Waals surface area contributed by atoms with Crippen molar-refractivity contribution in [3.8, 4) is 0 Å². The molecule has 0 saturated heterocycles. The Morgan fingerprint density at radius 3 is 2.26 bits per heavy atom. The molecule has 208 valence electrons. The molecule has 3 rings (SSSR count). The molecule has 8 nitrogen and oxygen atoms in total. The quantitative estimate of drug-likeness (QED) is 0.416. The van der Waals surface area contributed by atoms with Gasteiger partial charge >= 0.3 is 10.2 Å². The molecule has 0 aromatic heterocycles. The lowest BCUT2D eigenvalue weighted by molar-refractivity contribution is -0.140. The molecule has 1 atom stereocenters. The fourth-order valence-corrected chi connectivity index (χ4v) is 5.97. The minimum absolute atomic E-state index is 0.0370. The Bertz CT molecular complexity index is 1240. The largest absolute Gasteiger partial charge is 0.352 e. The summed E-state index contributed by atoms with van der Waals surface area (Å²) in [6.45, 7) is 1.15. The first-order valence-electron chi connectivity index (χ1n) is 12.4. The van der Waals surface area contributed by atoms with Crippen molar-refractivity contribution in [3.63, 3.8) is 0 Å². The molecule has 1 aliphatic rings. The van der Waals surface area contributed by atoms with E-state index in [4.69, 9.17) is 23.2 Å². The normalized spacial score (nSPS) is 14.9. The Balaban J connectivity index is 1.98. The third kappa shape index (κ3) is 7.37. The van der Waals surface area contributed by atoms with E-state index in [0.717, 1.165) is 46.4 Å². The van der Waals surface area contributed by atoms with Crippen molar-refractivity contribution >= 4 is 50.9 Å². The molecule has 1 fully saturated rings. The number of nitrogens with zero attached hydrogens (tertiary/aromatic N) is 3.